The number of pyridine rings is 1. The van der Waals surface area contributed by atoms with Crippen LogP contribution in [-0.2, 0) is 22.3 Å². The first-order valence-electron chi connectivity index (χ1n) is 10.4. The summed E-state index contributed by atoms with van der Waals surface area (Å²) in [7, 11) is -1.58. The molecule has 4 rings (SSSR count). The fraction of sp³-hybridized carbons (Fsp3) is 0.0800. The van der Waals surface area contributed by atoms with Gasteiger partial charge in [-0.05, 0) is 35.4 Å². The summed E-state index contributed by atoms with van der Waals surface area (Å²) in [5.41, 5.74) is 25.0. The molecule has 0 amide bonds. The van der Waals surface area contributed by atoms with Crippen molar-refractivity contribution in [1.82, 2.24) is 4.98 Å². The van der Waals surface area contributed by atoms with Gasteiger partial charge < -0.3 is 27.5 Å². The molecule has 0 spiro atoms. The second-order valence-corrected chi connectivity index (χ2v) is 8.23. The number of nitrogens with two attached hydrogens (primary N) is 4. The fourth-order valence-electron chi connectivity index (χ4n) is 2.64. The van der Waals surface area contributed by atoms with E-state index in [2.05, 4.69) is 4.98 Å². The topological polar surface area (TPSA) is 145 Å². The fourth-order valence-corrected chi connectivity index (χ4v) is 3.65. The third-order valence-electron chi connectivity index (χ3n) is 4.43. The molecule has 1 heterocycles. The molecular weight excluding hydrogens is 449 g/mol. The monoisotopic (exact) mass is 477 g/mol. The van der Waals surface area contributed by atoms with Crippen molar-refractivity contribution in [1.29, 1.82) is 0 Å². The molecule has 9 heteroatoms. The Morgan fingerprint density at radius 3 is 1.62 bits per heavy atom. The van der Waals surface area contributed by atoms with E-state index < -0.39 is 8.60 Å². The predicted molar refractivity (Wildman–Crippen MR) is 138 cm³/mol. The number of aromatic nitrogens is 1. The molecule has 8 N–H and O–H groups in total. The van der Waals surface area contributed by atoms with Crippen molar-refractivity contribution in [2.45, 2.75) is 13.2 Å². The number of hydrogen-bond acceptors (Lipinski definition) is 8. The molecule has 0 atom stereocenters. The van der Waals surface area contributed by atoms with E-state index in [0.717, 1.165) is 11.1 Å². The highest BCUT2D eigenvalue weighted by molar-refractivity contribution is 7.42. The third kappa shape index (κ3) is 8.26. The van der Waals surface area contributed by atoms with Gasteiger partial charge in [-0.3, -0.25) is 9.05 Å². The van der Waals surface area contributed by atoms with E-state index in [1.807, 2.05) is 78.9 Å². The van der Waals surface area contributed by atoms with Crippen LogP contribution < -0.4 is 27.5 Å². The van der Waals surface area contributed by atoms with Crippen molar-refractivity contribution in [3.63, 3.8) is 0 Å². The van der Waals surface area contributed by atoms with E-state index in [1.165, 1.54) is 0 Å². The minimum absolute atomic E-state index is 0.287. The minimum atomic E-state index is -1.58. The maximum absolute atomic E-state index is 5.96. The highest BCUT2D eigenvalue weighted by Gasteiger charge is 2.17. The molecule has 0 aliphatic carbocycles. The van der Waals surface area contributed by atoms with Gasteiger partial charge in [0.25, 0.3) is 0 Å². The number of nitrogens with zero attached hydrogens (tertiary/aromatic N) is 1. The number of anilines is 4. The lowest BCUT2D eigenvalue weighted by molar-refractivity contribution is 0.192. The van der Waals surface area contributed by atoms with Crippen molar-refractivity contribution in [2.24, 2.45) is 0 Å². The van der Waals surface area contributed by atoms with Gasteiger partial charge in [0, 0.05) is 0 Å². The molecule has 0 saturated carbocycles. The van der Waals surface area contributed by atoms with Crippen LogP contribution in [-0.4, -0.2) is 4.98 Å². The lowest BCUT2D eigenvalue weighted by atomic mass is 10.2. The number of nitrogen functional groups attached to an aromatic ring is 4. The Balaban J connectivity index is 0.000000302. The Labute approximate surface area is 200 Å². The Hall–Kier alpha value is -3.84. The van der Waals surface area contributed by atoms with Gasteiger partial charge in [-0.1, -0.05) is 72.8 Å². The van der Waals surface area contributed by atoms with Crippen LogP contribution in [0.4, 0.5) is 23.0 Å². The Morgan fingerprint density at radius 1 is 0.588 bits per heavy atom. The standard InChI is InChI=1S/C20H20NO3P.C5H8N4/c21-19-13-7-8-14-20(19)24-25(22-15-17-9-3-1-4-10-17)23-16-18-11-5-2-6-12-18;6-3-1-2-4(7)9-5(3)8/h1-14H,15-16,21H2;1-2H,6H2,(H4,7,8,9). The first-order chi connectivity index (χ1) is 16.5. The van der Waals surface area contributed by atoms with Crippen LogP contribution >= 0.6 is 8.60 Å². The second kappa shape index (κ2) is 13.0. The first kappa shape index (κ1) is 24.8. The van der Waals surface area contributed by atoms with E-state index >= 15 is 0 Å². The van der Waals surface area contributed by atoms with Crippen molar-refractivity contribution in [3.05, 3.63) is 108 Å². The second-order valence-electron chi connectivity index (χ2n) is 7.08. The number of rotatable bonds is 8. The van der Waals surface area contributed by atoms with E-state index in [1.54, 1.807) is 18.2 Å². The Morgan fingerprint density at radius 2 is 1.12 bits per heavy atom. The molecule has 0 radical (unpaired) electrons. The van der Waals surface area contributed by atoms with Crippen molar-refractivity contribution in [2.75, 3.05) is 22.9 Å². The quantitative estimate of drug-likeness (QED) is 0.202. The summed E-state index contributed by atoms with van der Waals surface area (Å²) in [4.78, 5) is 3.70. The smallest absolute Gasteiger partial charge is 0.397 e. The third-order valence-corrected chi connectivity index (χ3v) is 5.46. The van der Waals surface area contributed by atoms with Gasteiger partial charge in [0.05, 0.1) is 24.6 Å². The van der Waals surface area contributed by atoms with E-state index in [0.29, 0.717) is 36.2 Å². The van der Waals surface area contributed by atoms with Crippen LogP contribution in [0.25, 0.3) is 0 Å². The Kier molecular flexibility index (Phi) is 9.49. The minimum Gasteiger partial charge on any atom is -0.425 e. The van der Waals surface area contributed by atoms with Gasteiger partial charge in [0.2, 0.25) is 0 Å². The summed E-state index contributed by atoms with van der Waals surface area (Å²) in [6.45, 7) is 0.822. The molecule has 0 aliphatic rings. The van der Waals surface area contributed by atoms with E-state index in [9.17, 15) is 0 Å². The Bertz CT molecular complexity index is 1110. The van der Waals surface area contributed by atoms with Crippen LogP contribution in [0.15, 0.2) is 97.1 Å². The lowest BCUT2D eigenvalue weighted by Crippen LogP contribution is -2.00. The molecule has 0 aliphatic heterocycles. The first-order valence-corrected chi connectivity index (χ1v) is 11.5. The van der Waals surface area contributed by atoms with E-state index in [4.69, 9.17) is 36.5 Å². The van der Waals surface area contributed by atoms with Crippen LogP contribution in [0.3, 0.4) is 0 Å². The SMILES string of the molecule is Nc1ccc(N)c(N)n1.Nc1ccccc1OP(OCc1ccccc1)OCc1ccccc1. The normalized spacial score (nSPS) is 10.4. The zero-order valence-corrected chi connectivity index (χ0v) is 19.5. The zero-order valence-electron chi connectivity index (χ0n) is 18.6. The molecule has 0 saturated heterocycles. The summed E-state index contributed by atoms with van der Waals surface area (Å²) in [5.74, 6) is 1.24. The molecule has 8 nitrogen and oxygen atoms in total. The van der Waals surface area contributed by atoms with Crippen LogP contribution in [0.2, 0.25) is 0 Å². The average molecular weight is 478 g/mol. The lowest BCUT2D eigenvalue weighted by Gasteiger charge is -2.18. The molecular formula is C25H28N5O3P. The summed E-state index contributed by atoms with van der Waals surface area (Å²) in [6.07, 6.45) is 0. The van der Waals surface area contributed by atoms with Gasteiger partial charge in [0.1, 0.15) is 11.6 Å². The predicted octanol–water partition coefficient (Wildman–Crippen LogP) is 5.14. The summed E-state index contributed by atoms with van der Waals surface area (Å²) >= 11 is 0. The van der Waals surface area contributed by atoms with Gasteiger partial charge in [-0.15, -0.1) is 0 Å². The maximum atomic E-state index is 5.96. The summed E-state index contributed by atoms with van der Waals surface area (Å²) in [5, 5.41) is 0. The zero-order chi connectivity index (χ0) is 24.2. The molecule has 0 fully saturated rings. The molecule has 0 unspecified atom stereocenters. The molecule has 0 bridgehead atoms. The van der Waals surface area contributed by atoms with Crippen molar-refractivity contribution < 1.29 is 13.6 Å². The van der Waals surface area contributed by atoms with Crippen molar-refractivity contribution in [3.8, 4) is 5.75 Å². The number of hydrogen-bond donors (Lipinski definition) is 4. The van der Waals surface area contributed by atoms with E-state index in [-0.39, 0.29) is 5.82 Å². The van der Waals surface area contributed by atoms with Gasteiger partial charge >= 0.3 is 8.60 Å². The summed E-state index contributed by atoms with van der Waals surface area (Å²) in [6, 6.07) is 30.4. The molecule has 176 valence electrons. The van der Waals surface area contributed by atoms with Crippen LogP contribution in [0, 0.1) is 0 Å². The molecule has 34 heavy (non-hydrogen) atoms. The van der Waals surface area contributed by atoms with Crippen LogP contribution in [0.5, 0.6) is 5.75 Å². The highest BCUT2D eigenvalue weighted by atomic mass is 31.2. The van der Waals surface area contributed by atoms with Gasteiger partial charge in [-0.25, -0.2) is 4.98 Å². The maximum Gasteiger partial charge on any atom is 0.397 e. The van der Waals surface area contributed by atoms with Crippen LogP contribution in [0.1, 0.15) is 11.1 Å². The highest BCUT2D eigenvalue weighted by Crippen LogP contribution is 2.44. The van der Waals surface area contributed by atoms with Gasteiger partial charge in [0.15, 0.2) is 5.75 Å². The molecule has 4 aromatic rings. The summed E-state index contributed by atoms with van der Waals surface area (Å²) < 4.78 is 17.6. The molecule has 3 aromatic carbocycles. The largest absolute Gasteiger partial charge is 0.425 e. The number of benzene rings is 3. The number of para-hydroxylation sites is 2. The van der Waals surface area contributed by atoms with Crippen molar-refractivity contribution >= 4 is 31.6 Å². The van der Waals surface area contributed by atoms with Gasteiger partial charge in [-0.2, -0.15) is 0 Å². The average Bonchev–Trinajstić information content (AvgIpc) is 2.86. The molecule has 1 aromatic heterocycles.